The molecule has 1 aliphatic carbocycles. The number of carboxylic acid groups (broad SMARTS) is 1. The van der Waals surface area contributed by atoms with E-state index in [4.69, 9.17) is 0 Å². The van der Waals surface area contributed by atoms with Crippen LogP contribution >= 0.6 is 0 Å². The van der Waals surface area contributed by atoms with Crippen LogP contribution in [-0.4, -0.2) is 35.0 Å². The summed E-state index contributed by atoms with van der Waals surface area (Å²) in [4.78, 5) is 25.7. The standard InChI is InChI=1S/C15H23NO3/c1-11-5-4-9-16(10-8-11)14(17)12-6-2-3-7-13(12)15(18)19/h2-3,11-13H,4-10H2,1H3,(H,18,19). The van der Waals surface area contributed by atoms with Gasteiger partial charge in [0.05, 0.1) is 11.8 Å². The van der Waals surface area contributed by atoms with Crippen LogP contribution in [0.2, 0.25) is 0 Å². The molecule has 106 valence electrons. The minimum Gasteiger partial charge on any atom is -0.481 e. The zero-order valence-corrected chi connectivity index (χ0v) is 11.5. The zero-order valence-electron chi connectivity index (χ0n) is 11.5. The average Bonchev–Trinajstić information content (AvgIpc) is 2.62. The number of hydrogen-bond acceptors (Lipinski definition) is 2. The first-order chi connectivity index (χ1) is 9.09. The Morgan fingerprint density at radius 2 is 1.79 bits per heavy atom. The van der Waals surface area contributed by atoms with E-state index in [2.05, 4.69) is 6.92 Å². The number of likely N-dealkylation sites (tertiary alicyclic amines) is 1. The SMILES string of the molecule is CC1CCCN(C(=O)C2CC=CCC2C(=O)O)CC1. The molecule has 4 nitrogen and oxygen atoms in total. The van der Waals surface area contributed by atoms with Crippen molar-refractivity contribution in [2.24, 2.45) is 17.8 Å². The predicted molar refractivity (Wildman–Crippen MR) is 72.6 cm³/mol. The van der Waals surface area contributed by atoms with E-state index in [-0.39, 0.29) is 11.8 Å². The van der Waals surface area contributed by atoms with Crippen LogP contribution in [0.1, 0.15) is 39.0 Å². The molecule has 0 saturated carbocycles. The molecular formula is C15H23NO3. The smallest absolute Gasteiger partial charge is 0.307 e. The molecule has 0 radical (unpaired) electrons. The molecular weight excluding hydrogens is 242 g/mol. The molecule has 1 N–H and O–H groups in total. The van der Waals surface area contributed by atoms with Crippen molar-refractivity contribution < 1.29 is 14.7 Å². The lowest BCUT2D eigenvalue weighted by atomic mass is 9.82. The Hall–Kier alpha value is -1.32. The summed E-state index contributed by atoms with van der Waals surface area (Å²) in [6.07, 6.45) is 8.11. The van der Waals surface area contributed by atoms with Crippen LogP contribution in [0.15, 0.2) is 12.2 Å². The molecule has 0 aromatic carbocycles. The Labute approximate surface area is 114 Å². The number of allylic oxidation sites excluding steroid dienone is 2. The molecule has 0 aromatic rings. The molecule has 1 heterocycles. The third kappa shape index (κ3) is 3.37. The first kappa shape index (κ1) is 14.1. The van der Waals surface area contributed by atoms with Gasteiger partial charge in [-0.05, 0) is 38.0 Å². The number of hydrogen-bond donors (Lipinski definition) is 1. The van der Waals surface area contributed by atoms with Crippen LogP contribution in [0, 0.1) is 17.8 Å². The van der Waals surface area contributed by atoms with Gasteiger partial charge in [-0.25, -0.2) is 0 Å². The summed E-state index contributed by atoms with van der Waals surface area (Å²) >= 11 is 0. The predicted octanol–water partition coefficient (Wildman–Crippen LogP) is 2.30. The topological polar surface area (TPSA) is 57.6 Å². The van der Waals surface area contributed by atoms with Gasteiger partial charge in [0.2, 0.25) is 5.91 Å². The molecule has 4 heteroatoms. The van der Waals surface area contributed by atoms with Crippen molar-refractivity contribution >= 4 is 11.9 Å². The lowest BCUT2D eigenvalue weighted by molar-refractivity contribution is -0.150. The number of carbonyl (C=O) groups is 2. The summed E-state index contributed by atoms with van der Waals surface area (Å²) in [7, 11) is 0. The van der Waals surface area contributed by atoms with Crippen molar-refractivity contribution in [3.63, 3.8) is 0 Å². The van der Waals surface area contributed by atoms with Gasteiger partial charge in [-0.3, -0.25) is 9.59 Å². The largest absolute Gasteiger partial charge is 0.481 e. The van der Waals surface area contributed by atoms with E-state index in [1.165, 1.54) is 0 Å². The second-order valence-corrected chi connectivity index (χ2v) is 5.86. The van der Waals surface area contributed by atoms with Gasteiger partial charge < -0.3 is 10.0 Å². The number of nitrogens with zero attached hydrogens (tertiary/aromatic N) is 1. The molecule has 2 rings (SSSR count). The van der Waals surface area contributed by atoms with Crippen molar-refractivity contribution in [2.45, 2.75) is 39.0 Å². The van der Waals surface area contributed by atoms with E-state index in [0.717, 1.165) is 32.4 Å². The third-order valence-corrected chi connectivity index (χ3v) is 4.40. The van der Waals surface area contributed by atoms with Gasteiger partial charge in [-0.1, -0.05) is 19.1 Å². The monoisotopic (exact) mass is 265 g/mol. The number of amides is 1. The van der Waals surface area contributed by atoms with Crippen molar-refractivity contribution in [2.75, 3.05) is 13.1 Å². The van der Waals surface area contributed by atoms with Crippen LogP contribution in [0.5, 0.6) is 0 Å². The molecule has 3 atom stereocenters. The van der Waals surface area contributed by atoms with Gasteiger partial charge in [0.25, 0.3) is 0 Å². The normalized spacial score (nSPS) is 31.8. The van der Waals surface area contributed by atoms with Gasteiger partial charge >= 0.3 is 5.97 Å². The van der Waals surface area contributed by atoms with E-state index in [1.807, 2.05) is 17.1 Å². The number of carbonyl (C=O) groups excluding carboxylic acids is 1. The number of carboxylic acids is 1. The molecule has 3 unspecified atom stereocenters. The molecule has 1 amide bonds. The maximum Gasteiger partial charge on any atom is 0.307 e. The van der Waals surface area contributed by atoms with Crippen molar-refractivity contribution in [3.8, 4) is 0 Å². The van der Waals surface area contributed by atoms with Crippen molar-refractivity contribution in [3.05, 3.63) is 12.2 Å². The molecule has 1 aliphatic heterocycles. The van der Waals surface area contributed by atoms with Crippen LogP contribution in [0.4, 0.5) is 0 Å². The molecule has 0 aromatic heterocycles. The average molecular weight is 265 g/mol. The maximum absolute atomic E-state index is 12.6. The van der Waals surface area contributed by atoms with Gasteiger partial charge in [-0.15, -0.1) is 0 Å². The molecule has 19 heavy (non-hydrogen) atoms. The molecule has 0 bridgehead atoms. The highest BCUT2D eigenvalue weighted by atomic mass is 16.4. The van der Waals surface area contributed by atoms with Gasteiger partial charge in [0.1, 0.15) is 0 Å². The van der Waals surface area contributed by atoms with Crippen molar-refractivity contribution in [1.82, 2.24) is 4.90 Å². The molecule has 1 saturated heterocycles. The molecule has 0 spiro atoms. The highest BCUT2D eigenvalue weighted by molar-refractivity contribution is 5.85. The summed E-state index contributed by atoms with van der Waals surface area (Å²) in [5.41, 5.74) is 0. The van der Waals surface area contributed by atoms with E-state index < -0.39 is 11.9 Å². The first-order valence-electron chi connectivity index (χ1n) is 7.26. The summed E-state index contributed by atoms with van der Waals surface area (Å²) in [5, 5.41) is 9.25. The third-order valence-electron chi connectivity index (χ3n) is 4.40. The van der Waals surface area contributed by atoms with Gasteiger partial charge in [0.15, 0.2) is 0 Å². The molecule has 1 fully saturated rings. The fourth-order valence-electron chi connectivity index (χ4n) is 3.08. The summed E-state index contributed by atoms with van der Waals surface area (Å²) in [6, 6.07) is 0. The van der Waals surface area contributed by atoms with Gasteiger partial charge in [0, 0.05) is 13.1 Å². The lowest BCUT2D eigenvalue weighted by Crippen LogP contribution is -2.42. The zero-order chi connectivity index (χ0) is 13.8. The van der Waals surface area contributed by atoms with E-state index in [0.29, 0.717) is 18.8 Å². The second kappa shape index (κ2) is 6.22. The summed E-state index contributed by atoms with van der Waals surface area (Å²) in [5.74, 6) is -1.04. The Morgan fingerprint density at radius 3 is 2.47 bits per heavy atom. The van der Waals surface area contributed by atoms with E-state index in [9.17, 15) is 14.7 Å². The van der Waals surface area contributed by atoms with Crippen LogP contribution in [0.25, 0.3) is 0 Å². The van der Waals surface area contributed by atoms with Crippen molar-refractivity contribution in [1.29, 1.82) is 0 Å². The quantitative estimate of drug-likeness (QED) is 0.779. The first-order valence-corrected chi connectivity index (χ1v) is 7.26. The van der Waals surface area contributed by atoms with Gasteiger partial charge in [-0.2, -0.15) is 0 Å². The van der Waals surface area contributed by atoms with E-state index in [1.54, 1.807) is 0 Å². The Balaban J connectivity index is 2.04. The highest BCUT2D eigenvalue weighted by Crippen LogP contribution is 2.29. The Bertz CT molecular complexity index is 378. The fourth-order valence-corrected chi connectivity index (χ4v) is 3.08. The Kier molecular flexibility index (Phi) is 4.61. The van der Waals surface area contributed by atoms with E-state index >= 15 is 0 Å². The summed E-state index contributed by atoms with van der Waals surface area (Å²) < 4.78 is 0. The lowest BCUT2D eigenvalue weighted by Gasteiger charge is -2.30. The number of rotatable bonds is 2. The minimum absolute atomic E-state index is 0.0471. The number of aliphatic carboxylic acids is 1. The van der Waals surface area contributed by atoms with Crippen LogP contribution < -0.4 is 0 Å². The minimum atomic E-state index is -0.842. The second-order valence-electron chi connectivity index (χ2n) is 5.86. The maximum atomic E-state index is 12.6. The van der Waals surface area contributed by atoms with Crippen LogP contribution in [0.3, 0.4) is 0 Å². The summed E-state index contributed by atoms with van der Waals surface area (Å²) in [6.45, 7) is 3.79. The highest BCUT2D eigenvalue weighted by Gasteiger charge is 2.36. The molecule has 2 aliphatic rings. The Morgan fingerprint density at radius 1 is 1.11 bits per heavy atom. The fraction of sp³-hybridized carbons (Fsp3) is 0.733. The van der Waals surface area contributed by atoms with Crippen LogP contribution in [-0.2, 0) is 9.59 Å².